The quantitative estimate of drug-likeness (QED) is 0.526. The minimum atomic E-state index is -0.735. The van der Waals surface area contributed by atoms with E-state index in [0.29, 0.717) is 17.1 Å². The van der Waals surface area contributed by atoms with Gasteiger partial charge in [-0.1, -0.05) is 42.5 Å². The van der Waals surface area contributed by atoms with Gasteiger partial charge in [0.2, 0.25) is 5.91 Å². The largest absolute Gasteiger partial charge is 0.457 e. The SMILES string of the molecule is NC(=O)N[C@H](CC(=O)NCc1ccc(F)cc1)c1cccc(Oc2ccccc2)c1. The van der Waals surface area contributed by atoms with Crippen LogP contribution >= 0.6 is 0 Å². The van der Waals surface area contributed by atoms with Crippen molar-refractivity contribution in [1.82, 2.24) is 10.6 Å². The van der Waals surface area contributed by atoms with Crippen LogP contribution in [0.4, 0.5) is 9.18 Å². The van der Waals surface area contributed by atoms with Gasteiger partial charge >= 0.3 is 6.03 Å². The Hall–Kier alpha value is -3.87. The summed E-state index contributed by atoms with van der Waals surface area (Å²) in [4.78, 5) is 23.9. The number of hydrogen-bond acceptors (Lipinski definition) is 3. The van der Waals surface area contributed by atoms with E-state index in [1.165, 1.54) is 12.1 Å². The maximum absolute atomic E-state index is 13.0. The number of primary amides is 1. The van der Waals surface area contributed by atoms with Crippen LogP contribution in [0.15, 0.2) is 78.9 Å². The first kappa shape index (κ1) is 20.9. The Balaban J connectivity index is 1.67. The third kappa shape index (κ3) is 6.34. The molecule has 1 atom stereocenters. The lowest BCUT2D eigenvalue weighted by atomic mass is 10.0. The molecular formula is C23H22FN3O3. The van der Waals surface area contributed by atoms with Gasteiger partial charge in [0.25, 0.3) is 0 Å². The van der Waals surface area contributed by atoms with E-state index in [9.17, 15) is 14.0 Å². The highest BCUT2D eigenvalue weighted by molar-refractivity contribution is 5.78. The number of benzene rings is 3. The molecule has 30 heavy (non-hydrogen) atoms. The second kappa shape index (κ2) is 10.1. The Morgan fingerprint density at radius 1 is 0.933 bits per heavy atom. The predicted octanol–water partition coefficient (Wildman–Crippen LogP) is 4.03. The molecule has 0 spiro atoms. The smallest absolute Gasteiger partial charge is 0.312 e. The first-order chi connectivity index (χ1) is 14.5. The first-order valence-electron chi connectivity index (χ1n) is 9.39. The second-order valence-corrected chi connectivity index (χ2v) is 6.66. The molecule has 3 aromatic rings. The number of halogens is 1. The first-order valence-corrected chi connectivity index (χ1v) is 9.39. The van der Waals surface area contributed by atoms with Crippen LogP contribution < -0.4 is 21.1 Å². The molecule has 6 nitrogen and oxygen atoms in total. The van der Waals surface area contributed by atoms with Crippen molar-refractivity contribution in [3.05, 3.63) is 95.8 Å². The number of nitrogens with one attached hydrogen (secondary N) is 2. The van der Waals surface area contributed by atoms with Gasteiger partial charge in [-0.15, -0.1) is 0 Å². The number of amides is 3. The predicted molar refractivity (Wildman–Crippen MR) is 111 cm³/mol. The zero-order chi connectivity index (χ0) is 21.3. The number of carbonyl (C=O) groups excluding carboxylic acids is 2. The van der Waals surface area contributed by atoms with E-state index in [1.807, 2.05) is 30.3 Å². The molecule has 0 saturated carbocycles. The van der Waals surface area contributed by atoms with Gasteiger partial charge in [-0.25, -0.2) is 9.18 Å². The molecule has 0 unspecified atom stereocenters. The monoisotopic (exact) mass is 407 g/mol. The summed E-state index contributed by atoms with van der Waals surface area (Å²) in [6.07, 6.45) is -0.0150. The highest BCUT2D eigenvalue weighted by Gasteiger charge is 2.18. The number of carbonyl (C=O) groups is 2. The van der Waals surface area contributed by atoms with E-state index in [1.54, 1.807) is 36.4 Å². The molecule has 0 saturated heterocycles. The zero-order valence-electron chi connectivity index (χ0n) is 16.2. The summed E-state index contributed by atoms with van der Waals surface area (Å²) < 4.78 is 18.8. The van der Waals surface area contributed by atoms with Crippen molar-refractivity contribution in [2.75, 3.05) is 0 Å². The summed E-state index contributed by atoms with van der Waals surface area (Å²) in [5.41, 5.74) is 6.74. The molecule has 3 amide bonds. The fourth-order valence-corrected chi connectivity index (χ4v) is 2.90. The number of para-hydroxylation sites is 1. The normalized spacial score (nSPS) is 11.4. The maximum Gasteiger partial charge on any atom is 0.312 e. The van der Waals surface area contributed by atoms with Crippen LogP contribution in [0.3, 0.4) is 0 Å². The number of hydrogen-bond donors (Lipinski definition) is 3. The third-order valence-corrected chi connectivity index (χ3v) is 4.35. The molecule has 154 valence electrons. The lowest BCUT2D eigenvalue weighted by Crippen LogP contribution is -2.36. The van der Waals surface area contributed by atoms with Crippen molar-refractivity contribution in [2.24, 2.45) is 5.73 Å². The number of nitrogens with two attached hydrogens (primary N) is 1. The molecule has 0 fully saturated rings. The van der Waals surface area contributed by atoms with E-state index in [4.69, 9.17) is 10.5 Å². The molecule has 0 aromatic heterocycles. The molecule has 7 heteroatoms. The Bertz CT molecular complexity index is 994. The molecule has 0 aliphatic heterocycles. The summed E-state index contributed by atoms with van der Waals surface area (Å²) in [6.45, 7) is 0.250. The van der Waals surface area contributed by atoms with Crippen molar-refractivity contribution in [1.29, 1.82) is 0 Å². The molecular weight excluding hydrogens is 385 g/mol. The summed E-state index contributed by atoms with van der Waals surface area (Å²) in [6, 6.07) is 20.9. The van der Waals surface area contributed by atoms with E-state index in [2.05, 4.69) is 10.6 Å². The minimum Gasteiger partial charge on any atom is -0.457 e. The molecule has 0 aliphatic rings. The van der Waals surface area contributed by atoms with Gasteiger partial charge < -0.3 is 21.1 Å². The average Bonchev–Trinajstić information content (AvgIpc) is 2.73. The number of ether oxygens (including phenoxy) is 1. The highest BCUT2D eigenvalue weighted by Crippen LogP contribution is 2.26. The second-order valence-electron chi connectivity index (χ2n) is 6.66. The van der Waals surface area contributed by atoms with Crippen LogP contribution in [0.1, 0.15) is 23.6 Å². The van der Waals surface area contributed by atoms with E-state index >= 15 is 0 Å². The summed E-state index contributed by atoms with van der Waals surface area (Å²) in [5, 5.41) is 5.36. The molecule has 3 aromatic carbocycles. The van der Waals surface area contributed by atoms with Gasteiger partial charge in [0.05, 0.1) is 12.5 Å². The van der Waals surface area contributed by atoms with Crippen molar-refractivity contribution >= 4 is 11.9 Å². The standard InChI is InChI=1S/C23H22FN3O3/c24-18-11-9-16(10-12-18)15-26-22(28)14-21(27-23(25)29)17-5-4-8-20(13-17)30-19-6-2-1-3-7-19/h1-13,21H,14-15H2,(H,26,28)(H3,25,27,29)/t21-/m1/s1. The average molecular weight is 407 g/mol. The lowest BCUT2D eigenvalue weighted by molar-refractivity contribution is -0.121. The van der Waals surface area contributed by atoms with Crippen molar-refractivity contribution < 1.29 is 18.7 Å². The Kier molecular flexibility index (Phi) is 7.00. The van der Waals surface area contributed by atoms with Gasteiger partial charge in [0.15, 0.2) is 0 Å². The van der Waals surface area contributed by atoms with Gasteiger partial charge in [0, 0.05) is 6.54 Å². The summed E-state index contributed by atoms with van der Waals surface area (Å²) in [5.74, 6) is 0.619. The Morgan fingerprint density at radius 2 is 1.63 bits per heavy atom. The molecule has 0 bridgehead atoms. The van der Waals surface area contributed by atoms with E-state index in [0.717, 1.165) is 5.56 Å². The van der Waals surface area contributed by atoms with Gasteiger partial charge in [-0.05, 0) is 47.5 Å². The van der Waals surface area contributed by atoms with Crippen LogP contribution in [0.5, 0.6) is 11.5 Å². The topological polar surface area (TPSA) is 93.5 Å². The lowest BCUT2D eigenvalue weighted by Gasteiger charge is -2.19. The number of urea groups is 1. The van der Waals surface area contributed by atoms with E-state index in [-0.39, 0.29) is 24.7 Å². The van der Waals surface area contributed by atoms with Gasteiger partial charge in [-0.2, -0.15) is 0 Å². The van der Waals surface area contributed by atoms with Gasteiger partial charge in [-0.3, -0.25) is 4.79 Å². The Morgan fingerprint density at radius 3 is 2.33 bits per heavy atom. The van der Waals surface area contributed by atoms with Gasteiger partial charge in [0.1, 0.15) is 17.3 Å². The minimum absolute atomic E-state index is 0.0150. The molecule has 4 N–H and O–H groups in total. The summed E-state index contributed by atoms with van der Waals surface area (Å²) in [7, 11) is 0. The van der Waals surface area contributed by atoms with Crippen LogP contribution in [0.25, 0.3) is 0 Å². The van der Waals surface area contributed by atoms with Crippen molar-refractivity contribution in [2.45, 2.75) is 19.0 Å². The van der Waals surface area contributed by atoms with Crippen LogP contribution in [-0.4, -0.2) is 11.9 Å². The van der Waals surface area contributed by atoms with Crippen LogP contribution in [0, 0.1) is 5.82 Å². The fraction of sp³-hybridized carbons (Fsp3) is 0.130. The molecule has 0 heterocycles. The maximum atomic E-state index is 13.0. The molecule has 0 radical (unpaired) electrons. The highest BCUT2D eigenvalue weighted by atomic mass is 19.1. The van der Waals surface area contributed by atoms with E-state index < -0.39 is 12.1 Å². The summed E-state index contributed by atoms with van der Waals surface area (Å²) >= 11 is 0. The third-order valence-electron chi connectivity index (χ3n) is 4.35. The van der Waals surface area contributed by atoms with Crippen molar-refractivity contribution in [3.8, 4) is 11.5 Å². The van der Waals surface area contributed by atoms with Crippen LogP contribution in [-0.2, 0) is 11.3 Å². The number of rotatable bonds is 8. The fourth-order valence-electron chi connectivity index (χ4n) is 2.90. The van der Waals surface area contributed by atoms with Crippen molar-refractivity contribution in [3.63, 3.8) is 0 Å². The molecule has 3 rings (SSSR count). The van der Waals surface area contributed by atoms with Crippen LogP contribution in [0.2, 0.25) is 0 Å². The zero-order valence-corrected chi connectivity index (χ0v) is 16.2. The molecule has 0 aliphatic carbocycles. The Labute approximate surface area is 173 Å².